The third kappa shape index (κ3) is 3.48. The van der Waals surface area contributed by atoms with Gasteiger partial charge in [0.25, 0.3) is 11.8 Å². The highest BCUT2D eigenvalue weighted by Crippen LogP contribution is 2.42. The number of pyridine rings is 2. The van der Waals surface area contributed by atoms with E-state index >= 15 is 0 Å². The van der Waals surface area contributed by atoms with E-state index in [0.717, 1.165) is 11.1 Å². The zero-order valence-corrected chi connectivity index (χ0v) is 16.9. The number of carbonyl (C=O) groups is 2. The van der Waals surface area contributed by atoms with E-state index in [2.05, 4.69) is 9.97 Å². The average molecular weight is 418 g/mol. The molecular formula is C23H22N4O4. The molecule has 3 aromatic heterocycles. The molecule has 3 aromatic rings. The second-order valence-corrected chi connectivity index (χ2v) is 7.82. The SMILES string of the molecule is O=C(c1ccco1)N1C[C@H](c2cccnc2)[C@]2(C1)OCCN(Cc1ccncc1)C2=O. The minimum absolute atomic E-state index is 0.112. The number of likely N-dealkylation sites (tertiary alicyclic amines) is 1. The predicted octanol–water partition coefficient (Wildman–Crippen LogP) is 2.11. The lowest BCUT2D eigenvalue weighted by molar-refractivity contribution is -0.172. The van der Waals surface area contributed by atoms with Gasteiger partial charge in [-0.15, -0.1) is 0 Å². The average Bonchev–Trinajstić information content (AvgIpc) is 3.47. The van der Waals surface area contributed by atoms with Crippen molar-refractivity contribution in [2.45, 2.75) is 18.1 Å². The highest BCUT2D eigenvalue weighted by atomic mass is 16.5. The van der Waals surface area contributed by atoms with Crippen LogP contribution in [-0.2, 0) is 16.1 Å². The normalized spacial score (nSPS) is 23.5. The lowest BCUT2D eigenvalue weighted by Crippen LogP contribution is -2.60. The Morgan fingerprint density at radius 2 is 2.00 bits per heavy atom. The first-order chi connectivity index (χ1) is 15.2. The summed E-state index contributed by atoms with van der Waals surface area (Å²) >= 11 is 0. The van der Waals surface area contributed by atoms with E-state index in [0.29, 0.717) is 26.2 Å². The summed E-state index contributed by atoms with van der Waals surface area (Å²) < 4.78 is 11.5. The number of amides is 2. The highest BCUT2D eigenvalue weighted by Gasteiger charge is 2.58. The zero-order chi connectivity index (χ0) is 21.3. The molecule has 0 aliphatic carbocycles. The van der Waals surface area contributed by atoms with Crippen molar-refractivity contribution in [2.75, 3.05) is 26.2 Å². The van der Waals surface area contributed by atoms with Crippen LogP contribution in [-0.4, -0.2) is 63.4 Å². The van der Waals surface area contributed by atoms with Gasteiger partial charge in [-0.05, 0) is 41.5 Å². The molecule has 0 unspecified atom stereocenters. The van der Waals surface area contributed by atoms with Crippen LogP contribution >= 0.6 is 0 Å². The van der Waals surface area contributed by atoms with Gasteiger partial charge in [-0.2, -0.15) is 0 Å². The summed E-state index contributed by atoms with van der Waals surface area (Å²) in [6.45, 7) is 1.88. The van der Waals surface area contributed by atoms with Crippen molar-refractivity contribution in [1.29, 1.82) is 0 Å². The number of furan rings is 1. The summed E-state index contributed by atoms with van der Waals surface area (Å²) in [5.41, 5.74) is 0.715. The molecule has 0 bridgehead atoms. The Morgan fingerprint density at radius 3 is 2.74 bits per heavy atom. The van der Waals surface area contributed by atoms with Crippen molar-refractivity contribution in [1.82, 2.24) is 19.8 Å². The van der Waals surface area contributed by atoms with Crippen molar-refractivity contribution in [3.63, 3.8) is 0 Å². The molecule has 2 aliphatic rings. The number of rotatable bonds is 4. The molecule has 0 aromatic carbocycles. The number of hydrogen-bond donors (Lipinski definition) is 0. The Kier molecular flexibility index (Phi) is 4.99. The largest absolute Gasteiger partial charge is 0.459 e. The molecule has 0 saturated carbocycles. The maximum absolute atomic E-state index is 13.8. The van der Waals surface area contributed by atoms with Gasteiger partial charge in [0, 0.05) is 50.3 Å². The fraction of sp³-hybridized carbons (Fsp3) is 0.304. The molecule has 0 N–H and O–H groups in total. The molecule has 2 aliphatic heterocycles. The quantitative estimate of drug-likeness (QED) is 0.645. The van der Waals surface area contributed by atoms with E-state index < -0.39 is 5.60 Å². The fourth-order valence-corrected chi connectivity index (χ4v) is 4.48. The Hall–Kier alpha value is -3.52. The van der Waals surface area contributed by atoms with E-state index in [-0.39, 0.29) is 30.0 Å². The van der Waals surface area contributed by atoms with E-state index in [1.807, 2.05) is 29.2 Å². The number of carbonyl (C=O) groups excluding carboxylic acids is 2. The molecular weight excluding hydrogens is 396 g/mol. The van der Waals surface area contributed by atoms with Gasteiger partial charge in [0.05, 0.1) is 19.4 Å². The van der Waals surface area contributed by atoms with Gasteiger partial charge in [-0.3, -0.25) is 19.6 Å². The van der Waals surface area contributed by atoms with Crippen LogP contribution in [0.15, 0.2) is 71.9 Å². The minimum Gasteiger partial charge on any atom is -0.459 e. The summed E-state index contributed by atoms with van der Waals surface area (Å²) in [4.78, 5) is 38.5. The summed E-state index contributed by atoms with van der Waals surface area (Å²) in [6, 6.07) is 10.9. The summed E-state index contributed by atoms with van der Waals surface area (Å²) in [6.07, 6.45) is 8.33. The lowest BCUT2D eigenvalue weighted by Gasteiger charge is -2.42. The first-order valence-corrected chi connectivity index (χ1v) is 10.2. The van der Waals surface area contributed by atoms with Crippen LogP contribution in [0.4, 0.5) is 0 Å². The van der Waals surface area contributed by atoms with Crippen molar-refractivity contribution in [3.05, 3.63) is 84.3 Å². The Labute approximate surface area is 179 Å². The number of ether oxygens (including phenoxy) is 1. The lowest BCUT2D eigenvalue weighted by atomic mass is 9.83. The standard InChI is InChI=1S/C23H22N4O4/c28-21(20-4-2-11-30-20)27-15-19(18-3-1-7-25-13-18)23(16-27)22(29)26(10-12-31-23)14-17-5-8-24-9-6-17/h1-9,11,13,19H,10,12,14-16H2/t19-,23+/m1/s1. The van der Waals surface area contributed by atoms with Crippen molar-refractivity contribution >= 4 is 11.8 Å². The van der Waals surface area contributed by atoms with Crippen LogP contribution in [0.5, 0.6) is 0 Å². The maximum Gasteiger partial charge on any atom is 0.289 e. The number of nitrogens with zero attached hydrogens (tertiary/aromatic N) is 4. The molecule has 8 nitrogen and oxygen atoms in total. The first kappa shape index (κ1) is 19.4. The van der Waals surface area contributed by atoms with Crippen molar-refractivity contribution < 1.29 is 18.7 Å². The second-order valence-electron chi connectivity index (χ2n) is 7.82. The van der Waals surface area contributed by atoms with Gasteiger partial charge in [0.2, 0.25) is 0 Å². The minimum atomic E-state index is -1.16. The van der Waals surface area contributed by atoms with E-state index in [1.165, 1.54) is 6.26 Å². The smallest absolute Gasteiger partial charge is 0.289 e. The Morgan fingerprint density at radius 1 is 1.13 bits per heavy atom. The van der Waals surface area contributed by atoms with Gasteiger partial charge in [0.1, 0.15) is 0 Å². The molecule has 5 rings (SSSR count). The van der Waals surface area contributed by atoms with E-state index in [4.69, 9.17) is 9.15 Å². The van der Waals surface area contributed by atoms with Gasteiger partial charge >= 0.3 is 0 Å². The van der Waals surface area contributed by atoms with Gasteiger partial charge in [-0.1, -0.05) is 6.07 Å². The van der Waals surface area contributed by atoms with Crippen molar-refractivity contribution in [2.24, 2.45) is 0 Å². The third-order valence-corrected chi connectivity index (χ3v) is 5.99. The zero-order valence-electron chi connectivity index (χ0n) is 16.9. The van der Waals surface area contributed by atoms with Crippen LogP contribution in [0.3, 0.4) is 0 Å². The topological polar surface area (TPSA) is 88.8 Å². The number of aromatic nitrogens is 2. The van der Waals surface area contributed by atoms with Crippen LogP contribution in [0, 0.1) is 0 Å². The highest BCUT2D eigenvalue weighted by molar-refractivity contribution is 5.94. The predicted molar refractivity (Wildman–Crippen MR) is 110 cm³/mol. The maximum atomic E-state index is 13.8. The monoisotopic (exact) mass is 418 g/mol. The first-order valence-electron chi connectivity index (χ1n) is 10.2. The molecule has 2 amide bonds. The van der Waals surface area contributed by atoms with Gasteiger partial charge in [-0.25, -0.2) is 0 Å². The molecule has 1 spiro atoms. The van der Waals surface area contributed by atoms with Gasteiger partial charge in [0.15, 0.2) is 11.4 Å². The second kappa shape index (κ2) is 7.96. The molecule has 8 heteroatoms. The Bertz CT molecular complexity index is 1060. The number of hydrogen-bond acceptors (Lipinski definition) is 6. The fourth-order valence-electron chi connectivity index (χ4n) is 4.48. The molecule has 158 valence electrons. The van der Waals surface area contributed by atoms with Crippen LogP contribution < -0.4 is 0 Å². The summed E-state index contributed by atoms with van der Waals surface area (Å²) in [7, 11) is 0. The molecule has 2 atom stereocenters. The number of morpholine rings is 1. The third-order valence-electron chi connectivity index (χ3n) is 5.99. The molecule has 31 heavy (non-hydrogen) atoms. The molecule has 2 fully saturated rings. The van der Waals surface area contributed by atoms with Crippen LogP contribution in [0.25, 0.3) is 0 Å². The van der Waals surface area contributed by atoms with Crippen LogP contribution in [0.2, 0.25) is 0 Å². The van der Waals surface area contributed by atoms with Crippen LogP contribution in [0.1, 0.15) is 27.6 Å². The molecule has 5 heterocycles. The summed E-state index contributed by atoms with van der Waals surface area (Å²) in [5.74, 6) is -0.440. The Balaban J connectivity index is 1.48. The van der Waals surface area contributed by atoms with Crippen molar-refractivity contribution in [3.8, 4) is 0 Å². The summed E-state index contributed by atoms with van der Waals surface area (Å²) in [5, 5.41) is 0. The molecule has 0 radical (unpaired) electrons. The van der Waals surface area contributed by atoms with E-state index in [1.54, 1.807) is 41.8 Å². The van der Waals surface area contributed by atoms with Gasteiger partial charge < -0.3 is 19.0 Å². The molecule has 2 saturated heterocycles. The van der Waals surface area contributed by atoms with E-state index in [9.17, 15) is 9.59 Å².